The van der Waals surface area contributed by atoms with E-state index in [4.69, 9.17) is 27.7 Å². The van der Waals surface area contributed by atoms with Gasteiger partial charge >= 0.3 is 0 Å². The molecule has 1 aliphatic carbocycles. The van der Waals surface area contributed by atoms with Gasteiger partial charge < -0.3 is 9.64 Å². The first-order valence-electron chi connectivity index (χ1n) is 11.2. The third kappa shape index (κ3) is 5.34. The van der Waals surface area contributed by atoms with E-state index in [2.05, 4.69) is 17.7 Å². The molecule has 1 saturated carbocycles. The van der Waals surface area contributed by atoms with Crippen LogP contribution in [0.2, 0.25) is 5.02 Å². The Morgan fingerprint density at radius 2 is 2.00 bits per heavy atom. The molecule has 1 heterocycles. The number of aromatic nitrogens is 1. The lowest BCUT2D eigenvalue weighted by atomic mass is 9.99. The largest absolute Gasteiger partial charge is 0.496 e. The monoisotopic (exact) mass is 482 g/mol. The number of hydrogen-bond donors (Lipinski definition) is 0. The van der Waals surface area contributed by atoms with Crippen LogP contribution in [-0.4, -0.2) is 18.6 Å². The molecular formula is C27H28ClFN2OS. The molecule has 0 N–H and O–H groups in total. The summed E-state index contributed by atoms with van der Waals surface area (Å²) < 4.78 is 19.0. The smallest absolute Gasteiger partial charge is 0.187 e. The fourth-order valence-electron chi connectivity index (χ4n) is 4.22. The summed E-state index contributed by atoms with van der Waals surface area (Å²) in [6.07, 6.45) is 10.5. The number of benzene rings is 2. The Hall–Kier alpha value is -2.55. The predicted molar refractivity (Wildman–Crippen MR) is 136 cm³/mol. The first-order valence-corrected chi connectivity index (χ1v) is 12.4. The number of aryl methyl sites for hydroxylation is 2. The molecule has 0 saturated heterocycles. The Bertz CT molecular complexity index is 1160. The summed E-state index contributed by atoms with van der Waals surface area (Å²) in [6.45, 7) is 4.47. The first-order chi connectivity index (χ1) is 15.9. The Morgan fingerprint density at radius 1 is 1.27 bits per heavy atom. The van der Waals surface area contributed by atoms with Crippen LogP contribution in [-0.2, 0) is 0 Å². The molecule has 1 atom stereocenters. The van der Waals surface area contributed by atoms with E-state index >= 15 is 0 Å². The van der Waals surface area contributed by atoms with E-state index in [-0.39, 0.29) is 11.9 Å². The number of terminal acetylenes is 1. The first kappa shape index (κ1) is 23.6. The second kappa shape index (κ2) is 10.2. The van der Waals surface area contributed by atoms with Crippen molar-refractivity contribution in [2.75, 3.05) is 18.6 Å². The number of rotatable bonds is 9. The van der Waals surface area contributed by atoms with Crippen LogP contribution in [0, 0.1) is 37.9 Å². The van der Waals surface area contributed by atoms with Crippen LogP contribution in [0.4, 0.5) is 9.52 Å². The van der Waals surface area contributed by atoms with Crippen LogP contribution in [0.15, 0.2) is 36.4 Å². The molecule has 6 heteroatoms. The minimum atomic E-state index is -0.236. The summed E-state index contributed by atoms with van der Waals surface area (Å²) in [5.41, 5.74) is 3.79. The molecule has 0 amide bonds. The molecule has 0 aliphatic heterocycles. The van der Waals surface area contributed by atoms with Crippen molar-refractivity contribution in [1.29, 1.82) is 0 Å². The van der Waals surface area contributed by atoms with Gasteiger partial charge in [-0.15, -0.1) is 17.8 Å². The molecule has 4 rings (SSSR count). The van der Waals surface area contributed by atoms with E-state index in [9.17, 15) is 4.39 Å². The van der Waals surface area contributed by atoms with Crippen molar-refractivity contribution >= 4 is 28.1 Å². The predicted octanol–water partition coefficient (Wildman–Crippen LogP) is 7.60. The second-order valence-corrected chi connectivity index (χ2v) is 10.2. The number of ether oxygens (including phenoxy) is 1. The number of thiazole rings is 1. The van der Waals surface area contributed by atoms with Gasteiger partial charge in [0.2, 0.25) is 0 Å². The fraction of sp³-hybridized carbons (Fsp3) is 0.370. The van der Waals surface area contributed by atoms with Crippen molar-refractivity contribution in [3.63, 3.8) is 0 Å². The molecule has 172 valence electrons. The van der Waals surface area contributed by atoms with Crippen LogP contribution in [0.25, 0.3) is 11.3 Å². The Balaban J connectivity index is 1.73. The summed E-state index contributed by atoms with van der Waals surface area (Å²) in [7, 11) is 1.64. The van der Waals surface area contributed by atoms with Gasteiger partial charge in [0.05, 0.1) is 30.4 Å². The van der Waals surface area contributed by atoms with Gasteiger partial charge in [0.15, 0.2) is 5.13 Å². The van der Waals surface area contributed by atoms with Gasteiger partial charge in [-0.2, -0.15) is 0 Å². The van der Waals surface area contributed by atoms with Gasteiger partial charge in [0.1, 0.15) is 11.6 Å². The van der Waals surface area contributed by atoms with Gasteiger partial charge in [0, 0.05) is 10.4 Å². The van der Waals surface area contributed by atoms with Crippen molar-refractivity contribution in [2.45, 2.75) is 45.6 Å². The molecule has 0 spiro atoms. The van der Waals surface area contributed by atoms with Gasteiger partial charge in [-0.05, 0) is 68.0 Å². The van der Waals surface area contributed by atoms with Crippen molar-refractivity contribution in [2.24, 2.45) is 5.92 Å². The van der Waals surface area contributed by atoms with Crippen LogP contribution in [0.5, 0.6) is 5.75 Å². The quantitative estimate of drug-likeness (QED) is 0.293. The summed E-state index contributed by atoms with van der Waals surface area (Å²) in [5, 5.41) is 1.46. The summed E-state index contributed by atoms with van der Waals surface area (Å²) >= 11 is 8.22. The maximum Gasteiger partial charge on any atom is 0.187 e. The van der Waals surface area contributed by atoms with E-state index < -0.39 is 0 Å². The number of hydrogen-bond acceptors (Lipinski definition) is 4. The van der Waals surface area contributed by atoms with Crippen LogP contribution in [0.1, 0.15) is 47.7 Å². The normalized spacial score (nSPS) is 14.1. The van der Waals surface area contributed by atoms with E-state index in [1.165, 1.54) is 25.0 Å². The average molecular weight is 483 g/mol. The fourth-order valence-corrected chi connectivity index (χ4v) is 5.43. The molecule has 1 aromatic heterocycles. The van der Waals surface area contributed by atoms with Crippen molar-refractivity contribution in [3.8, 4) is 29.4 Å². The molecule has 1 fully saturated rings. The summed E-state index contributed by atoms with van der Waals surface area (Å²) in [4.78, 5) is 8.26. The minimum absolute atomic E-state index is 0.0359. The molecule has 0 radical (unpaired) electrons. The molecule has 3 aromatic rings. The number of nitrogens with zero attached hydrogens (tertiary/aromatic N) is 2. The van der Waals surface area contributed by atoms with Gasteiger partial charge in [-0.25, -0.2) is 9.37 Å². The third-order valence-electron chi connectivity index (χ3n) is 6.21. The van der Waals surface area contributed by atoms with Crippen LogP contribution in [0.3, 0.4) is 0 Å². The van der Waals surface area contributed by atoms with Crippen molar-refractivity contribution in [1.82, 2.24) is 4.98 Å². The maximum absolute atomic E-state index is 13.6. The molecule has 33 heavy (non-hydrogen) atoms. The number of halogens is 2. The standard InChI is InChI=1S/C27H28ClFN2OS/c1-5-14-31(24(13-8-19-6-7-19)20-9-11-21(29)12-10-20)27-30-26(18(3)33-27)22-15-17(2)25(32-4)16-23(22)28/h1,9-12,15-16,19,24H,6-8,13-14H2,2-4H3. The van der Waals surface area contributed by atoms with Crippen molar-refractivity contribution in [3.05, 3.63) is 63.2 Å². The van der Waals surface area contributed by atoms with E-state index in [0.717, 1.165) is 56.9 Å². The summed E-state index contributed by atoms with van der Waals surface area (Å²) in [5.74, 6) is 4.11. The highest BCUT2D eigenvalue weighted by Gasteiger charge is 2.28. The highest BCUT2D eigenvalue weighted by molar-refractivity contribution is 7.16. The highest BCUT2D eigenvalue weighted by atomic mass is 35.5. The Labute approximate surface area is 204 Å². The molecular weight excluding hydrogens is 455 g/mol. The van der Waals surface area contributed by atoms with E-state index in [1.54, 1.807) is 18.4 Å². The van der Waals surface area contributed by atoms with Gasteiger partial charge in [-0.1, -0.05) is 42.5 Å². The van der Waals surface area contributed by atoms with E-state index in [0.29, 0.717) is 11.6 Å². The topological polar surface area (TPSA) is 25.4 Å². The Morgan fingerprint density at radius 3 is 2.64 bits per heavy atom. The zero-order chi connectivity index (χ0) is 23.5. The minimum Gasteiger partial charge on any atom is -0.496 e. The SMILES string of the molecule is C#CCN(c1nc(-c2cc(C)c(OC)cc2Cl)c(C)s1)C(CCC1CC1)c1ccc(F)cc1. The third-order valence-corrected chi connectivity index (χ3v) is 7.53. The molecule has 0 bridgehead atoms. The lowest BCUT2D eigenvalue weighted by Crippen LogP contribution is -2.29. The molecule has 3 nitrogen and oxygen atoms in total. The van der Waals surface area contributed by atoms with Crippen LogP contribution < -0.4 is 9.64 Å². The lowest BCUT2D eigenvalue weighted by molar-refractivity contribution is 0.412. The molecule has 1 aliphatic rings. The van der Waals surface area contributed by atoms with Gasteiger partial charge in [0.25, 0.3) is 0 Å². The highest BCUT2D eigenvalue weighted by Crippen LogP contribution is 2.43. The Kier molecular flexibility index (Phi) is 7.26. The zero-order valence-electron chi connectivity index (χ0n) is 19.2. The summed E-state index contributed by atoms with van der Waals surface area (Å²) in [6, 6.07) is 10.7. The molecule has 1 unspecified atom stereocenters. The molecule has 2 aromatic carbocycles. The number of methoxy groups -OCH3 is 1. The van der Waals surface area contributed by atoms with Crippen LogP contribution >= 0.6 is 22.9 Å². The van der Waals surface area contributed by atoms with Crippen molar-refractivity contribution < 1.29 is 9.13 Å². The average Bonchev–Trinajstić information content (AvgIpc) is 3.55. The zero-order valence-corrected chi connectivity index (χ0v) is 20.8. The number of anilines is 1. The lowest BCUT2D eigenvalue weighted by Gasteiger charge is -2.30. The van der Waals surface area contributed by atoms with E-state index in [1.807, 2.05) is 31.2 Å². The van der Waals surface area contributed by atoms with Gasteiger partial charge in [-0.3, -0.25) is 0 Å². The second-order valence-electron chi connectivity index (χ2n) is 8.62. The maximum atomic E-state index is 13.6.